The zero-order valence-corrected chi connectivity index (χ0v) is 11.5. The third-order valence-electron chi connectivity index (χ3n) is 3.05. The van der Waals surface area contributed by atoms with Gasteiger partial charge in [-0.1, -0.05) is 19.3 Å². The van der Waals surface area contributed by atoms with Crippen molar-refractivity contribution in [3.05, 3.63) is 0 Å². The minimum atomic E-state index is -1.01. The Morgan fingerprint density at radius 3 is 2.28 bits per heavy atom. The van der Waals surface area contributed by atoms with Crippen LogP contribution in [0.5, 0.6) is 0 Å². The molecule has 0 aliphatic carbocycles. The number of nitrogens with two attached hydrogens (primary N) is 1. The second-order valence-corrected chi connectivity index (χ2v) is 5.64. The van der Waals surface area contributed by atoms with Crippen molar-refractivity contribution in [2.75, 3.05) is 24.6 Å². The first-order valence-corrected chi connectivity index (χ1v) is 7.60. The predicted octanol–water partition coefficient (Wildman–Crippen LogP) is 0.924. The first-order valence-electron chi connectivity index (χ1n) is 6.45. The van der Waals surface area contributed by atoms with Crippen molar-refractivity contribution in [3.8, 4) is 0 Å². The molecule has 0 aromatic heterocycles. The highest BCUT2D eigenvalue weighted by Crippen LogP contribution is 2.12. The summed E-state index contributed by atoms with van der Waals surface area (Å²) >= 11 is 1.31. The molecule has 18 heavy (non-hydrogen) atoms. The monoisotopic (exact) mass is 274 g/mol. The summed E-state index contributed by atoms with van der Waals surface area (Å²) in [6.07, 6.45) is 5.81. The fourth-order valence-electron chi connectivity index (χ4n) is 1.93. The van der Waals surface area contributed by atoms with E-state index in [1.54, 1.807) is 0 Å². The van der Waals surface area contributed by atoms with E-state index in [9.17, 15) is 9.59 Å². The minimum Gasteiger partial charge on any atom is -0.480 e. The van der Waals surface area contributed by atoms with Gasteiger partial charge < -0.3 is 15.7 Å². The summed E-state index contributed by atoms with van der Waals surface area (Å²) in [5.74, 6) is -0.281. The van der Waals surface area contributed by atoms with Gasteiger partial charge in [0, 0.05) is 18.8 Å². The molecule has 0 bridgehead atoms. The molecular formula is C12H22N2O3S. The molecule has 1 aliphatic heterocycles. The van der Waals surface area contributed by atoms with E-state index in [1.807, 2.05) is 4.90 Å². The Bertz CT molecular complexity index is 278. The number of amides is 1. The van der Waals surface area contributed by atoms with Gasteiger partial charge in [0.15, 0.2) is 0 Å². The second-order valence-electron chi connectivity index (χ2n) is 4.61. The van der Waals surface area contributed by atoms with Gasteiger partial charge >= 0.3 is 5.97 Å². The van der Waals surface area contributed by atoms with Gasteiger partial charge in [0.2, 0.25) is 5.91 Å². The molecule has 0 aromatic carbocycles. The number of nitrogens with zero attached hydrogens (tertiary/aromatic N) is 1. The van der Waals surface area contributed by atoms with Crippen molar-refractivity contribution in [1.82, 2.24) is 4.90 Å². The molecule has 3 N–H and O–H groups in total. The van der Waals surface area contributed by atoms with Crippen LogP contribution in [0.15, 0.2) is 0 Å². The quantitative estimate of drug-likeness (QED) is 0.779. The maximum Gasteiger partial charge on any atom is 0.321 e. The molecule has 1 rings (SSSR count). The van der Waals surface area contributed by atoms with Crippen molar-refractivity contribution >= 4 is 23.6 Å². The lowest BCUT2D eigenvalue weighted by molar-refractivity contribution is -0.138. The normalized spacial score (nSPS) is 18.8. The highest BCUT2D eigenvalue weighted by molar-refractivity contribution is 8.00. The maximum atomic E-state index is 11.9. The van der Waals surface area contributed by atoms with Gasteiger partial charge in [-0.2, -0.15) is 0 Å². The molecule has 0 spiro atoms. The lowest BCUT2D eigenvalue weighted by atomic mass is 10.1. The molecule has 1 saturated heterocycles. The largest absolute Gasteiger partial charge is 0.480 e. The number of hydrogen-bond donors (Lipinski definition) is 2. The summed E-state index contributed by atoms with van der Waals surface area (Å²) in [7, 11) is 0. The molecule has 1 atom stereocenters. The molecule has 0 radical (unpaired) electrons. The lowest BCUT2D eigenvalue weighted by Crippen LogP contribution is -2.36. The fourth-order valence-corrected chi connectivity index (χ4v) is 2.80. The van der Waals surface area contributed by atoms with E-state index in [2.05, 4.69) is 0 Å². The van der Waals surface area contributed by atoms with E-state index < -0.39 is 12.0 Å². The number of thioether (sulfide) groups is 1. The summed E-state index contributed by atoms with van der Waals surface area (Å²) in [5, 5.41) is 8.63. The van der Waals surface area contributed by atoms with Crippen LogP contribution < -0.4 is 5.73 Å². The molecule has 5 nitrogen and oxygen atoms in total. The van der Waals surface area contributed by atoms with Gasteiger partial charge in [0.25, 0.3) is 0 Å². The van der Waals surface area contributed by atoms with Crippen LogP contribution in [0, 0.1) is 0 Å². The number of carboxylic acids is 1. The Hall–Kier alpha value is -0.750. The van der Waals surface area contributed by atoms with Crippen molar-refractivity contribution in [1.29, 1.82) is 0 Å². The van der Waals surface area contributed by atoms with E-state index in [0.29, 0.717) is 5.75 Å². The number of aliphatic carboxylic acids is 1. The van der Waals surface area contributed by atoms with Crippen LogP contribution in [0.25, 0.3) is 0 Å². The minimum absolute atomic E-state index is 0.111. The molecule has 0 aromatic rings. The number of hydrogen-bond acceptors (Lipinski definition) is 4. The van der Waals surface area contributed by atoms with Gasteiger partial charge in [-0.05, 0) is 12.8 Å². The predicted molar refractivity (Wildman–Crippen MR) is 72.6 cm³/mol. The Labute approximate surface area is 112 Å². The zero-order valence-electron chi connectivity index (χ0n) is 10.6. The van der Waals surface area contributed by atoms with Crippen LogP contribution in [-0.2, 0) is 9.59 Å². The van der Waals surface area contributed by atoms with Gasteiger partial charge in [-0.3, -0.25) is 9.59 Å². The van der Waals surface area contributed by atoms with E-state index in [4.69, 9.17) is 10.8 Å². The number of likely N-dealkylation sites (tertiary alicyclic amines) is 1. The number of rotatable bonds is 5. The first kappa shape index (κ1) is 15.3. The maximum absolute atomic E-state index is 11.9. The molecular weight excluding hydrogens is 252 g/mol. The number of carboxylic acid groups (broad SMARTS) is 1. The lowest BCUT2D eigenvalue weighted by Gasteiger charge is -2.24. The summed E-state index contributed by atoms with van der Waals surface area (Å²) in [6.45, 7) is 1.68. The fraction of sp³-hybridized carbons (Fsp3) is 0.833. The Balaban J connectivity index is 2.23. The van der Waals surface area contributed by atoms with Crippen molar-refractivity contribution in [2.24, 2.45) is 5.73 Å². The van der Waals surface area contributed by atoms with E-state index >= 15 is 0 Å². The molecule has 6 heteroatoms. The molecule has 1 fully saturated rings. The van der Waals surface area contributed by atoms with E-state index in [1.165, 1.54) is 31.0 Å². The van der Waals surface area contributed by atoms with Gasteiger partial charge in [0.05, 0.1) is 5.75 Å². The van der Waals surface area contributed by atoms with Crippen LogP contribution >= 0.6 is 11.8 Å². The zero-order chi connectivity index (χ0) is 13.4. The van der Waals surface area contributed by atoms with Crippen molar-refractivity contribution < 1.29 is 14.7 Å². The second kappa shape index (κ2) is 8.37. The summed E-state index contributed by atoms with van der Waals surface area (Å²) in [4.78, 5) is 24.4. The van der Waals surface area contributed by atoms with Gasteiger partial charge in [-0.15, -0.1) is 11.8 Å². The third-order valence-corrected chi connectivity index (χ3v) is 4.09. The Morgan fingerprint density at radius 1 is 1.17 bits per heavy atom. The molecule has 1 amide bonds. The summed E-state index contributed by atoms with van der Waals surface area (Å²) in [6, 6.07) is -0.880. The highest BCUT2D eigenvalue weighted by Gasteiger charge is 2.16. The van der Waals surface area contributed by atoms with E-state index in [-0.39, 0.29) is 11.7 Å². The Morgan fingerprint density at radius 2 is 1.72 bits per heavy atom. The molecule has 104 valence electrons. The highest BCUT2D eigenvalue weighted by atomic mass is 32.2. The topological polar surface area (TPSA) is 83.6 Å². The average Bonchev–Trinajstić information content (AvgIpc) is 2.27. The van der Waals surface area contributed by atoms with Crippen LogP contribution in [-0.4, -0.2) is 52.5 Å². The van der Waals surface area contributed by atoms with Gasteiger partial charge in [0.1, 0.15) is 6.04 Å². The van der Waals surface area contributed by atoms with Crippen LogP contribution in [0.4, 0.5) is 0 Å². The van der Waals surface area contributed by atoms with Crippen molar-refractivity contribution in [2.45, 2.75) is 38.1 Å². The number of carbonyl (C=O) groups excluding carboxylic acids is 1. The number of carbonyl (C=O) groups is 2. The van der Waals surface area contributed by atoms with Crippen LogP contribution in [0.2, 0.25) is 0 Å². The molecule has 0 saturated carbocycles. The summed E-state index contributed by atoms with van der Waals surface area (Å²) < 4.78 is 0. The van der Waals surface area contributed by atoms with Crippen LogP contribution in [0.3, 0.4) is 0 Å². The molecule has 1 aliphatic rings. The molecule has 0 unspecified atom stereocenters. The van der Waals surface area contributed by atoms with Crippen LogP contribution in [0.1, 0.15) is 32.1 Å². The Kier molecular flexibility index (Phi) is 7.12. The SMILES string of the molecule is N[C@H](CSCC(=O)N1CCCCCCC1)C(=O)O. The average molecular weight is 274 g/mol. The van der Waals surface area contributed by atoms with Crippen molar-refractivity contribution in [3.63, 3.8) is 0 Å². The smallest absolute Gasteiger partial charge is 0.321 e. The summed E-state index contributed by atoms with van der Waals surface area (Å²) in [5.41, 5.74) is 5.38. The van der Waals surface area contributed by atoms with E-state index in [0.717, 1.165) is 25.9 Å². The third kappa shape index (κ3) is 5.73. The first-order chi connectivity index (χ1) is 8.61. The standard InChI is InChI=1S/C12H22N2O3S/c13-10(12(16)17)8-18-9-11(15)14-6-4-2-1-3-5-7-14/h10H,1-9,13H2,(H,16,17)/t10-/m1/s1. The van der Waals surface area contributed by atoms with Gasteiger partial charge in [-0.25, -0.2) is 0 Å². The molecule has 1 heterocycles.